The molecule has 1 saturated carbocycles. The number of nitrogens with two attached hydrogens (primary N) is 1. The number of hydrogen-bond acceptors (Lipinski definition) is 3. The minimum atomic E-state index is -0.368. The molecule has 2 nitrogen and oxygen atoms in total. The van der Waals surface area contributed by atoms with Crippen molar-refractivity contribution in [1.82, 2.24) is 4.98 Å². The summed E-state index contributed by atoms with van der Waals surface area (Å²) in [6.45, 7) is 0. The van der Waals surface area contributed by atoms with Gasteiger partial charge in [-0.15, -0.1) is 11.3 Å². The van der Waals surface area contributed by atoms with Crippen LogP contribution in [0, 0.1) is 5.82 Å². The van der Waals surface area contributed by atoms with Crippen molar-refractivity contribution < 1.29 is 4.39 Å². The van der Waals surface area contributed by atoms with E-state index in [4.69, 9.17) is 17.3 Å². The maximum absolute atomic E-state index is 13.3. The summed E-state index contributed by atoms with van der Waals surface area (Å²) in [5.41, 5.74) is 7.23. The Morgan fingerprint density at radius 2 is 2.12 bits per heavy atom. The summed E-state index contributed by atoms with van der Waals surface area (Å²) in [6, 6.07) is 4.37. The van der Waals surface area contributed by atoms with Gasteiger partial charge in [0, 0.05) is 16.5 Å². The molecule has 0 aliphatic heterocycles. The first-order chi connectivity index (χ1) is 8.13. The highest BCUT2D eigenvalue weighted by Gasteiger charge is 2.28. The number of rotatable bonds is 2. The number of nitrogen functional groups attached to an aromatic ring is 1. The summed E-state index contributed by atoms with van der Waals surface area (Å²) in [5.74, 6) is 0.188. The first kappa shape index (κ1) is 11.0. The van der Waals surface area contributed by atoms with Gasteiger partial charge in [-0.25, -0.2) is 9.37 Å². The average molecular weight is 269 g/mol. The second-order valence-corrected chi connectivity index (χ2v) is 5.70. The van der Waals surface area contributed by atoms with Crippen LogP contribution in [0.4, 0.5) is 9.39 Å². The lowest BCUT2D eigenvalue weighted by molar-refractivity contribution is 0.628. The Morgan fingerprint density at radius 1 is 1.35 bits per heavy atom. The molecular formula is C12H10ClFN2S. The summed E-state index contributed by atoms with van der Waals surface area (Å²) in [7, 11) is 0. The van der Waals surface area contributed by atoms with E-state index in [0.717, 1.165) is 5.01 Å². The molecule has 1 aromatic heterocycles. The fraction of sp³-hybridized carbons (Fsp3) is 0.250. The first-order valence-corrected chi connectivity index (χ1v) is 6.55. The van der Waals surface area contributed by atoms with E-state index >= 15 is 0 Å². The van der Waals surface area contributed by atoms with Gasteiger partial charge in [0.25, 0.3) is 0 Å². The Kier molecular flexibility index (Phi) is 2.56. The zero-order valence-corrected chi connectivity index (χ0v) is 10.5. The lowest BCUT2D eigenvalue weighted by Gasteiger charge is -2.00. The Hall–Kier alpha value is -1.13. The molecule has 0 spiro atoms. The molecule has 0 bridgehead atoms. The van der Waals surface area contributed by atoms with Crippen molar-refractivity contribution >= 4 is 27.9 Å². The third kappa shape index (κ3) is 2.15. The smallest absolute Gasteiger partial charge is 0.125 e. The van der Waals surface area contributed by atoms with E-state index in [0.29, 0.717) is 27.2 Å². The molecule has 0 radical (unpaired) electrons. The second kappa shape index (κ2) is 3.96. The first-order valence-electron chi connectivity index (χ1n) is 5.36. The largest absolute Gasteiger partial charge is 0.389 e. The van der Waals surface area contributed by atoms with Gasteiger partial charge in [0.05, 0.1) is 5.01 Å². The minimum Gasteiger partial charge on any atom is -0.389 e. The van der Waals surface area contributed by atoms with Crippen LogP contribution < -0.4 is 5.73 Å². The van der Waals surface area contributed by atoms with Crippen molar-refractivity contribution in [2.24, 2.45) is 0 Å². The van der Waals surface area contributed by atoms with Gasteiger partial charge < -0.3 is 5.73 Å². The molecule has 0 unspecified atom stereocenters. The van der Waals surface area contributed by atoms with Crippen LogP contribution in [0.3, 0.4) is 0 Å². The van der Waals surface area contributed by atoms with Crippen LogP contribution in [-0.2, 0) is 0 Å². The molecule has 1 heterocycles. The number of thiazole rings is 1. The summed E-state index contributed by atoms with van der Waals surface area (Å²) in [4.78, 5) is 4.49. The van der Waals surface area contributed by atoms with E-state index in [1.54, 1.807) is 6.07 Å². The Labute approximate surface area is 107 Å². The van der Waals surface area contributed by atoms with Gasteiger partial charge in [0.1, 0.15) is 16.5 Å². The van der Waals surface area contributed by atoms with Crippen LogP contribution in [0.1, 0.15) is 23.8 Å². The van der Waals surface area contributed by atoms with Gasteiger partial charge in [-0.1, -0.05) is 11.6 Å². The maximum Gasteiger partial charge on any atom is 0.125 e. The highest BCUT2D eigenvalue weighted by atomic mass is 35.5. The van der Waals surface area contributed by atoms with Gasteiger partial charge in [-0.3, -0.25) is 0 Å². The van der Waals surface area contributed by atoms with Crippen LogP contribution in [0.15, 0.2) is 18.2 Å². The number of aromatic nitrogens is 1. The predicted octanol–water partition coefficient (Wildman–Crippen LogP) is 4.06. The maximum atomic E-state index is 13.3. The third-order valence-electron chi connectivity index (χ3n) is 2.73. The van der Waals surface area contributed by atoms with Crippen LogP contribution in [-0.4, -0.2) is 4.98 Å². The number of benzene rings is 1. The quantitative estimate of drug-likeness (QED) is 0.892. The predicted molar refractivity (Wildman–Crippen MR) is 68.9 cm³/mol. The van der Waals surface area contributed by atoms with E-state index in [1.807, 2.05) is 0 Å². The van der Waals surface area contributed by atoms with Crippen molar-refractivity contribution in [2.45, 2.75) is 18.8 Å². The molecule has 5 heteroatoms. The van der Waals surface area contributed by atoms with Crippen molar-refractivity contribution in [3.8, 4) is 11.3 Å². The topological polar surface area (TPSA) is 38.9 Å². The Balaban J connectivity index is 2.07. The molecule has 0 atom stereocenters. The molecule has 1 aromatic carbocycles. The number of nitrogens with zero attached hydrogens (tertiary/aromatic N) is 1. The zero-order chi connectivity index (χ0) is 12.0. The van der Waals surface area contributed by atoms with E-state index in [2.05, 4.69) is 4.98 Å². The van der Waals surface area contributed by atoms with Crippen LogP contribution in [0.5, 0.6) is 0 Å². The molecule has 2 aromatic rings. The van der Waals surface area contributed by atoms with Gasteiger partial charge >= 0.3 is 0 Å². The van der Waals surface area contributed by atoms with E-state index in [-0.39, 0.29) is 5.82 Å². The van der Waals surface area contributed by atoms with Gasteiger partial charge in [0.2, 0.25) is 0 Å². The highest BCUT2D eigenvalue weighted by molar-refractivity contribution is 7.16. The van der Waals surface area contributed by atoms with Gasteiger partial charge in [-0.05, 0) is 31.0 Å². The monoisotopic (exact) mass is 268 g/mol. The fourth-order valence-electron chi connectivity index (χ4n) is 1.75. The molecule has 1 aliphatic carbocycles. The molecule has 3 rings (SSSR count). The summed E-state index contributed by atoms with van der Waals surface area (Å²) >= 11 is 7.32. The molecule has 88 valence electrons. The van der Waals surface area contributed by atoms with Crippen molar-refractivity contribution in [3.05, 3.63) is 34.0 Å². The van der Waals surface area contributed by atoms with Crippen molar-refractivity contribution in [2.75, 3.05) is 5.73 Å². The van der Waals surface area contributed by atoms with Crippen molar-refractivity contribution in [3.63, 3.8) is 0 Å². The fourth-order valence-corrected chi connectivity index (χ4v) is 3.00. The lowest BCUT2D eigenvalue weighted by Crippen LogP contribution is -1.87. The van der Waals surface area contributed by atoms with E-state index in [1.165, 1.54) is 36.3 Å². The summed E-state index contributed by atoms with van der Waals surface area (Å²) < 4.78 is 13.3. The van der Waals surface area contributed by atoms with Crippen LogP contribution in [0.25, 0.3) is 11.3 Å². The molecule has 1 aliphatic rings. The highest BCUT2D eigenvalue weighted by Crippen LogP contribution is 2.45. The number of anilines is 1. The number of halogens is 2. The van der Waals surface area contributed by atoms with E-state index < -0.39 is 0 Å². The molecule has 1 fully saturated rings. The van der Waals surface area contributed by atoms with Gasteiger partial charge in [-0.2, -0.15) is 0 Å². The third-order valence-corrected chi connectivity index (χ3v) is 4.00. The van der Waals surface area contributed by atoms with Gasteiger partial charge in [0.15, 0.2) is 0 Å². The summed E-state index contributed by atoms with van der Waals surface area (Å²) in [6.07, 6.45) is 2.35. The van der Waals surface area contributed by atoms with Crippen LogP contribution >= 0.6 is 22.9 Å². The second-order valence-electron chi connectivity index (χ2n) is 4.20. The molecular weight excluding hydrogens is 259 g/mol. The van der Waals surface area contributed by atoms with Crippen LogP contribution in [0.2, 0.25) is 5.02 Å². The molecule has 0 amide bonds. The normalized spacial score (nSPS) is 15.2. The Bertz CT molecular complexity index is 558. The van der Waals surface area contributed by atoms with Crippen molar-refractivity contribution in [1.29, 1.82) is 0 Å². The Morgan fingerprint density at radius 3 is 2.76 bits per heavy atom. The SMILES string of the molecule is Nc1sc(C2CC2)nc1-c1cc(F)cc(Cl)c1. The standard InChI is InChI=1S/C12H10ClFN2S/c13-8-3-7(4-9(14)5-8)10-11(15)17-12(16-10)6-1-2-6/h3-6H,1-2,15H2. The zero-order valence-electron chi connectivity index (χ0n) is 8.91. The average Bonchev–Trinajstić information content (AvgIpc) is 3.01. The molecule has 17 heavy (non-hydrogen) atoms. The molecule has 0 saturated heterocycles. The lowest BCUT2D eigenvalue weighted by atomic mass is 10.1. The minimum absolute atomic E-state index is 0.361. The number of hydrogen-bond donors (Lipinski definition) is 1. The summed E-state index contributed by atoms with van der Waals surface area (Å²) in [5, 5.41) is 2.05. The molecule has 2 N–H and O–H groups in total. The van der Waals surface area contributed by atoms with E-state index in [9.17, 15) is 4.39 Å².